The van der Waals surface area contributed by atoms with Crippen molar-refractivity contribution in [2.75, 3.05) is 0 Å². The van der Waals surface area contributed by atoms with E-state index in [1.165, 1.54) is 5.57 Å². The number of benzene rings is 2. The molecule has 2 aliphatic heterocycles. The molecule has 0 spiro atoms. The summed E-state index contributed by atoms with van der Waals surface area (Å²) in [5.74, 6) is 13.7. The van der Waals surface area contributed by atoms with Gasteiger partial charge in [-0.05, 0) is 92.3 Å². The second kappa shape index (κ2) is 16.1. The highest BCUT2D eigenvalue weighted by Gasteiger charge is 2.33. The molecule has 5 heteroatoms. The zero-order valence-corrected chi connectivity index (χ0v) is 30.8. The fourth-order valence-electron chi connectivity index (χ4n) is 6.30. The second-order valence-corrected chi connectivity index (χ2v) is 14.4. The number of aliphatic imine (C=N–C) groups is 2. The van der Waals surface area contributed by atoms with Crippen LogP contribution in [0.15, 0.2) is 140 Å². The van der Waals surface area contributed by atoms with Crippen molar-refractivity contribution in [2.45, 2.75) is 67.7 Å². The quantitative estimate of drug-likeness (QED) is 0.154. The minimum absolute atomic E-state index is 0.115. The van der Waals surface area contributed by atoms with Crippen molar-refractivity contribution in [3.63, 3.8) is 0 Å². The summed E-state index contributed by atoms with van der Waals surface area (Å²) >= 11 is 5.49. The molecule has 3 nitrogen and oxygen atoms in total. The molecule has 246 valence electrons. The summed E-state index contributed by atoms with van der Waals surface area (Å²) in [5.41, 5.74) is 9.85. The van der Waals surface area contributed by atoms with Crippen LogP contribution in [-0.4, -0.2) is 25.6 Å². The Hall–Kier alpha value is -4.71. The highest BCUT2D eigenvalue weighted by atomic mass is 32.1. The van der Waals surface area contributed by atoms with E-state index in [-0.39, 0.29) is 11.3 Å². The van der Waals surface area contributed by atoms with E-state index in [9.17, 15) is 0 Å². The van der Waals surface area contributed by atoms with Gasteiger partial charge in [0.1, 0.15) is 7.85 Å². The van der Waals surface area contributed by atoms with Crippen LogP contribution in [0.1, 0.15) is 78.9 Å². The van der Waals surface area contributed by atoms with Gasteiger partial charge in [0.15, 0.2) is 0 Å². The predicted molar refractivity (Wildman–Crippen MR) is 214 cm³/mol. The summed E-state index contributed by atoms with van der Waals surface area (Å²) in [6.07, 6.45) is 6.39. The molecule has 2 radical (unpaired) electrons. The Morgan fingerprint density at radius 3 is 2.16 bits per heavy atom. The maximum absolute atomic E-state index is 6.45. The van der Waals surface area contributed by atoms with Gasteiger partial charge in [-0.25, -0.2) is 0 Å². The summed E-state index contributed by atoms with van der Waals surface area (Å²) in [5, 5.41) is 5.45. The van der Waals surface area contributed by atoms with E-state index >= 15 is 0 Å². The predicted octanol–water partition coefficient (Wildman–Crippen LogP) is 10.0. The number of thiocarbonyl (C=S) groups is 1. The molecule has 1 N–H and O–H groups in total. The third-order valence-corrected chi connectivity index (χ3v) is 9.21. The van der Waals surface area contributed by atoms with E-state index in [4.69, 9.17) is 25.1 Å². The van der Waals surface area contributed by atoms with Crippen molar-refractivity contribution in [3.8, 4) is 23.7 Å². The van der Waals surface area contributed by atoms with Crippen LogP contribution in [-0.2, 0) is 0 Å². The lowest BCUT2D eigenvalue weighted by Gasteiger charge is -2.31. The van der Waals surface area contributed by atoms with Crippen LogP contribution in [0.5, 0.6) is 0 Å². The Morgan fingerprint density at radius 1 is 0.980 bits per heavy atom. The van der Waals surface area contributed by atoms with Gasteiger partial charge >= 0.3 is 0 Å². The number of hydrogen-bond donors (Lipinski definition) is 1. The van der Waals surface area contributed by atoms with Crippen molar-refractivity contribution in [3.05, 3.63) is 141 Å². The van der Waals surface area contributed by atoms with Crippen LogP contribution in [0.25, 0.3) is 0 Å². The molecule has 1 atom stereocenters. The van der Waals surface area contributed by atoms with Gasteiger partial charge in [0.2, 0.25) is 0 Å². The summed E-state index contributed by atoms with van der Waals surface area (Å²) in [6, 6.07) is 19.9. The fraction of sp³-hybridized carbons (Fsp3) is 0.295. The van der Waals surface area contributed by atoms with Crippen molar-refractivity contribution >= 4 is 37.9 Å². The minimum atomic E-state index is -0.397. The monoisotopic (exact) mass is 659 g/mol. The van der Waals surface area contributed by atoms with Gasteiger partial charge in [0.25, 0.3) is 0 Å². The zero-order chi connectivity index (χ0) is 35.8. The van der Waals surface area contributed by atoms with E-state index in [1.54, 1.807) is 0 Å². The first-order valence-electron chi connectivity index (χ1n) is 16.7. The Morgan fingerprint density at radius 2 is 1.59 bits per heavy atom. The molecule has 0 saturated heterocycles. The summed E-state index contributed by atoms with van der Waals surface area (Å²) in [7, 11) is 6.45. The van der Waals surface area contributed by atoms with Crippen LogP contribution < -0.4 is 5.32 Å². The third-order valence-electron chi connectivity index (χ3n) is 9.04. The van der Waals surface area contributed by atoms with E-state index in [0.29, 0.717) is 23.2 Å². The van der Waals surface area contributed by atoms with Gasteiger partial charge < -0.3 is 5.32 Å². The molecule has 0 fully saturated rings. The molecule has 2 aliphatic rings. The summed E-state index contributed by atoms with van der Waals surface area (Å²) in [4.78, 5) is 9.82. The van der Waals surface area contributed by atoms with Gasteiger partial charge in [-0.2, -0.15) is 0 Å². The number of hydrogen-bond acceptors (Lipinski definition) is 4. The topological polar surface area (TPSA) is 36.8 Å². The first-order chi connectivity index (χ1) is 23.3. The second-order valence-electron chi connectivity index (χ2n) is 14.1. The van der Waals surface area contributed by atoms with Crippen LogP contribution in [0.4, 0.5) is 0 Å². The average molecular weight is 660 g/mol. The van der Waals surface area contributed by atoms with Crippen molar-refractivity contribution in [1.82, 2.24) is 5.32 Å². The SMILES string of the molecule is [B]C(=C)/C(C#Cc1ccccc1)=C1/C=C(\N=C)C(C)(C)CC(C)/C(CC=S)=C(C#Cc2ccccc2)\C(C)=C\C2=NC(=C(/C)N1)/CC2(C)C. The lowest BCUT2D eigenvalue weighted by Crippen LogP contribution is -2.22. The number of fused-ring (bicyclic) bond motifs is 1. The maximum Gasteiger partial charge on any atom is 0.114 e. The molecule has 2 aromatic carbocycles. The van der Waals surface area contributed by atoms with Gasteiger partial charge in [0, 0.05) is 56.6 Å². The normalized spacial score (nSPS) is 25.0. The van der Waals surface area contributed by atoms with E-state index in [2.05, 4.69) is 94.9 Å². The number of rotatable bonds is 4. The molecule has 4 rings (SSSR count). The minimum Gasteiger partial charge on any atom is -0.357 e. The first kappa shape index (κ1) is 37.1. The molecule has 2 heterocycles. The molecule has 2 bridgehead atoms. The zero-order valence-electron chi connectivity index (χ0n) is 30.0. The van der Waals surface area contributed by atoms with Crippen LogP contribution in [0.2, 0.25) is 0 Å². The first-order valence-corrected chi connectivity index (χ1v) is 17.2. The molecule has 2 aromatic rings. The molecule has 0 saturated carbocycles. The van der Waals surface area contributed by atoms with Crippen molar-refractivity contribution in [1.29, 1.82) is 0 Å². The van der Waals surface area contributed by atoms with Crippen molar-refractivity contribution in [2.24, 2.45) is 26.7 Å². The van der Waals surface area contributed by atoms with Gasteiger partial charge in [0.05, 0.1) is 11.4 Å². The highest BCUT2D eigenvalue weighted by molar-refractivity contribution is 7.79. The molecule has 0 aromatic heterocycles. The van der Waals surface area contributed by atoms with Crippen LogP contribution in [0.3, 0.4) is 0 Å². The fourth-order valence-corrected chi connectivity index (χ4v) is 6.48. The molecule has 0 amide bonds. The molecule has 1 unspecified atom stereocenters. The largest absolute Gasteiger partial charge is 0.357 e. The Bertz CT molecular complexity index is 1940. The maximum atomic E-state index is 6.45. The summed E-state index contributed by atoms with van der Waals surface area (Å²) < 4.78 is 0. The number of allylic oxidation sites excluding steroid dienone is 10. The molecule has 49 heavy (non-hydrogen) atoms. The van der Waals surface area contributed by atoms with E-state index < -0.39 is 5.41 Å². The molecule has 0 aliphatic carbocycles. The average Bonchev–Trinajstić information content (AvgIpc) is 3.36. The summed E-state index contributed by atoms with van der Waals surface area (Å²) in [6.45, 7) is 23.4. The van der Waals surface area contributed by atoms with Crippen molar-refractivity contribution < 1.29 is 0 Å². The number of nitrogens with one attached hydrogen (secondary N) is 1. The number of nitrogens with zero attached hydrogens (tertiary/aromatic N) is 2. The Kier molecular flexibility index (Phi) is 12.2. The van der Waals surface area contributed by atoms with Gasteiger partial charge in [-0.3, -0.25) is 9.98 Å². The lowest BCUT2D eigenvalue weighted by atomic mass is 9.75. The highest BCUT2D eigenvalue weighted by Crippen LogP contribution is 2.41. The Balaban J connectivity index is 2.04. The Labute approximate surface area is 301 Å². The van der Waals surface area contributed by atoms with E-state index in [1.807, 2.05) is 79.0 Å². The smallest absolute Gasteiger partial charge is 0.114 e. The lowest BCUT2D eigenvalue weighted by molar-refractivity contribution is 0.350. The third kappa shape index (κ3) is 9.47. The van der Waals surface area contributed by atoms with Gasteiger partial charge in [-0.15, -0.1) is 6.58 Å². The van der Waals surface area contributed by atoms with E-state index in [0.717, 1.165) is 57.9 Å². The van der Waals surface area contributed by atoms with Crippen LogP contribution >= 0.6 is 12.2 Å². The standard InChI is InChI=1S/C44H46BN3S/c1-30-26-42-44(7,8)29-40(48-42)33(4)47-39(38(32(3)45)23-21-35-18-14-11-15-19-35)27-41(46-9)43(5,6)28-31(2)37(24-25-49)36(30)22-20-34-16-12-10-13-17-34/h10-19,25-27,31,47H,3,9,24,28-29H2,1-2,4-8H3/b30-26+,37-36-,39-38-,40-33-,41-27-. The van der Waals surface area contributed by atoms with Gasteiger partial charge in [-0.1, -0.05) is 112 Å². The van der Waals surface area contributed by atoms with Crippen LogP contribution in [0, 0.1) is 40.4 Å². The molecular formula is C44H46BN3S. The molecular weight excluding hydrogens is 613 g/mol.